The lowest BCUT2D eigenvalue weighted by atomic mass is 10.0. The molecule has 0 fully saturated rings. The first kappa shape index (κ1) is 59.2. The normalized spacial score (nSPS) is 14.3. The SMILES string of the molecule is CC/C=C/CC(O)/C=C/C=C/CCCCCCCC(=O)OC[C@H](COP(=O)(O)OCC[N+](C)(C)C)OC(=O)CCCCCCCCCCCCCCCCCCCCCCC. The monoisotopic (exact) mass is 885 g/mol. The van der Waals surface area contributed by atoms with E-state index in [0.717, 1.165) is 51.4 Å². The summed E-state index contributed by atoms with van der Waals surface area (Å²) in [6.07, 6.45) is 45.3. The van der Waals surface area contributed by atoms with E-state index in [-0.39, 0.29) is 26.1 Å². The summed E-state index contributed by atoms with van der Waals surface area (Å²) < 4.78 is 34.4. The van der Waals surface area contributed by atoms with E-state index in [2.05, 4.69) is 26.0 Å². The second-order valence-electron chi connectivity index (χ2n) is 18.0. The number of esters is 2. The van der Waals surface area contributed by atoms with E-state index in [9.17, 15) is 24.2 Å². The van der Waals surface area contributed by atoms with Crippen LogP contribution in [0.15, 0.2) is 36.5 Å². The smallest absolute Gasteiger partial charge is 0.462 e. The number of carbonyl (C=O) groups is 2. The first-order chi connectivity index (χ1) is 29.4. The number of rotatable bonds is 45. The highest BCUT2D eigenvalue weighted by atomic mass is 31.2. The summed E-state index contributed by atoms with van der Waals surface area (Å²) in [5, 5.41) is 9.89. The molecule has 0 aromatic rings. The van der Waals surface area contributed by atoms with Crippen molar-refractivity contribution in [1.29, 1.82) is 0 Å². The van der Waals surface area contributed by atoms with Crippen LogP contribution in [0, 0.1) is 0 Å². The molecule has 0 saturated carbocycles. The molecular formula is C50H95NO9P+. The van der Waals surface area contributed by atoms with Gasteiger partial charge in [0.05, 0.1) is 33.9 Å². The van der Waals surface area contributed by atoms with Crippen LogP contribution in [0.25, 0.3) is 0 Å². The number of carbonyl (C=O) groups excluding carboxylic acids is 2. The quantitative estimate of drug-likeness (QED) is 0.0153. The molecule has 0 rings (SSSR count). The van der Waals surface area contributed by atoms with Crippen molar-refractivity contribution in [3.63, 3.8) is 0 Å². The van der Waals surface area contributed by atoms with Crippen molar-refractivity contribution < 1.29 is 47.2 Å². The average molecular weight is 885 g/mol. The lowest BCUT2D eigenvalue weighted by Crippen LogP contribution is -2.37. The number of likely N-dealkylation sites (N-methyl/N-ethyl adjacent to an activating group) is 1. The average Bonchev–Trinajstić information content (AvgIpc) is 3.21. The summed E-state index contributed by atoms with van der Waals surface area (Å²) in [5.74, 6) is -0.844. The number of hydrogen-bond donors (Lipinski definition) is 2. The Morgan fingerprint density at radius 2 is 1.07 bits per heavy atom. The molecule has 358 valence electrons. The third kappa shape index (κ3) is 46.0. The van der Waals surface area contributed by atoms with Crippen molar-refractivity contribution in [2.45, 2.75) is 225 Å². The highest BCUT2D eigenvalue weighted by Crippen LogP contribution is 2.43. The Balaban J connectivity index is 4.29. The third-order valence-corrected chi connectivity index (χ3v) is 11.7. The van der Waals surface area contributed by atoms with Crippen LogP contribution in [-0.4, -0.2) is 86.1 Å². The molecule has 0 bridgehead atoms. The van der Waals surface area contributed by atoms with Gasteiger partial charge in [-0.2, -0.15) is 0 Å². The summed E-state index contributed by atoms with van der Waals surface area (Å²) in [4.78, 5) is 35.5. The molecule has 0 aliphatic carbocycles. The molecule has 2 unspecified atom stereocenters. The number of phosphoric acid groups is 1. The van der Waals surface area contributed by atoms with Crippen molar-refractivity contribution >= 4 is 19.8 Å². The maximum Gasteiger partial charge on any atom is 0.472 e. The lowest BCUT2D eigenvalue weighted by molar-refractivity contribution is -0.870. The Hall–Kier alpha value is -1.81. The fourth-order valence-corrected chi connectivity index (χ4v) is 7.62. The zero-order chi connectivity index (χ0) is 45.1. The molecule has 0 aromatic carbocycles. The van der Waals surface area contributed by atoms with Gasteiger partial charge in [-0.05, 0) is 38.5 Å². The first-order valence-corrected chi connectivity index (χ1v) is 26.3. The number of phosphoric ester groups is 1. The Labute approximate surface area is 374 Å². The Morgan fingerprint density at radius 3 is 1.56 bits per heavy atom. The highest BCUT2D eigenvalue weighted by molar-refractivity contribution is 7.47. The molecule has 0 radical (unpaired) electrons. The lowest BCUT2D eigenvalue weighted by Gasteiger charge is -2.24. The van der Waals surface area contributed by atoms with Gasteiger partial charge in [-0.3, -0.25) is 18.6 Å². The van der Waals surface area contributed by atoms with Gasteiger partial charge in [-0.1, -0.05) is 198 Å². The van der Waals surface area contributed by atoms with E-state index in [1.807, 2.05) is 39.4 Å². The summed E-state index contributed by atoms with van der Waals surface area (Å²) in [5.41, 5.74) is 0. The Kier molecular flexibility index (Phi) is 40.9. The van der Waals surface area contributed by atoms with E-state index in [1.165, 1.54) is 116 Å². The van der Waals surface area contributed by atoms with Gasteiger partial charge < -0.3 is 24.0 Å². The van der Waals surface area contributed by atoms with Crippen LogP contribution >= 0.6 is 7.82 Å². The number of allylic oxidation sites excluding steroid dienone is 4. The van der Waals surface area contributed by atoms with Gasteiger partial charge in [0, 0.05) is 12.8 Å². The predicted molar refractivity (Wildman–Crippen MR) is 253 cm³/mol. The van der Waals surface area contributed by atoms with E-state index in [0.29, 0.717) is 30.3 Å². The summed E-state index contributed by atoms with van der Waals surface area (Å²) >= 11 is 0. The molecular weight excluding hydrogens is 790 g/mol. The van der Waals surface area contributed by atoms with Crippen LogP contribution in [-0.2, 0) is 32.7 Å². The molecule has 11 heteroatoms. The van der Waals surface area contributed by atoms with Gasteiger partial charge in [-0.25, -0.2) is 4.57 Å². The van der Waals surface area contributed by atoms with Gasteiger partial charge in [-0.15, -0.1) is 0 Å². The third-order valence-electron chi connectivity index (χ3n) is 10.8. The van der Waals surface area contributed by atoms with Gasteiger partial charge in [0.15, 0.2) is 6.10 Å². The fraction of sp³-hybridized carbons (Fsp3) is 0.840. The fourth-order valence-electron chi connectivity index (χ4n) is 6.87. The summed E-state index contributed by atoms with van der Waals surface area (Å²) in [6.45, 7) is 4.20. The number of ether oxygens (including phenoxy) is 2. The molecule has 61 heavy (non-hydrogen) atoms. The first-order valence-electron chi connectivity index (χ1n) is 24.8. The van der Waals surface area contributed by atoms with Crippen molar-refractivity contribution in [2.75, 3.05) is 47.5 Å². The number of nitrogens with zero attached hydrogens (tertiary/aromatic N) is 1. The van der Waals surface area contributed by atoms with Gasteiger partial charge in [0.25, 0.3) is 0 Å². The molecule has 0 aromatic heterocycles. The largest absolute Gasteiger partial charge is 0.472 e. The summed E-state index contributed by atoms with van der Waals surface area (Å²) in [7, 11) is 1.44. The minimum Gasteiger partial charge on any atom is -0.462 e. The van der Waals surface area contributed by atoms with Gasteiger partial charge in [0.1, 0.15) is 19.8 Å². The van der Waals surface area contributed by atoms with Gasteiger partial charge >= 0.3 is 19.8 Å². The number of hydrogen-bond acceptors (Lipinski definition) is 8. The molecule has 0 heterocycles. The van der Waals surface area contributed by atoms with Crippen molar-refractivity contribution in [3.8, 4) is 0 Å². The van der Waals surface area contributed by atoms with Crippen LogP contribution in [0.1, 0.15) is 213 Å². The Morgan fingerprint density at radius 1 is 0.590 bits per heavy atom. The van der Waals surface area contributed by atoms with E-state index >= 15 is 0 Å². The van der Waals surface area contributed by atoms with Crippen molar-refractivity contribution in [2.24, 2.45) is 0 Å². The zero-order valence-corrected chi connectivity index (χ0v) is 40.9. The zero-order valence-electron chi connectivity index (χ0n) is 40.0. The predicted octanol–water partition coefficient (Wildman–Crippen LogP) is 13.4. The van der Waals surface area contributed by atoms with E-state index < -0.39 is 38.6 Å². The standard InChI is InChI=1S/C50H94NO9P/c1-6-8-10-11-12-13-14-15-16-17-18-19-20-21-22-23-24-27-31-34-38-42-50(54)60-48(46-59-61(55,56)58-44-43-51(3,4)5)45-57-49(53)41-37-33-30-28-25-26-29-32-36-40-47(52)39-35-9-7-2/h9,29,32,35-36,40,47-48,52H,6-8,10-28,30-31,33-34,37-39,41-46H2,1-5H3/p+1/b32-29+,35-9+,40-36+/t47?,48-/m1/s1. The number of quaternary nitrogens is 1. The maximum absolute atomic E-state index is 12.7. The minimum absolute atomic E-state index is 0.0205. The topological polar surface area (TPSA) is 129 Å². The second-order valence-corrected chi connectivity index (χ2v) is 19.5. The molecule has 2 N–H and O–H groups in total. The second kappa shape index (κ2) is 42.2. The number of unbranched alkanes of at least 4 members (excludes halogenated alkanes) is 25. The van der Waals surface area contributed by atoms with Crippen molar-refractivity contribution in [3.05, 3.63) is 36.5 Å². The molecule has 0 spiro atoms. The van der Waals surface area contributed by atoms with Crippen LogP contribution < -0.4 is 0 Å². The van der Waals surface area contributed by atoms with Gasteiger partial charge in [0.2, 0.25) is 0 Å². The molecule has 0 saturated heterocycles. The Bertz CT molecular complexity index is 1150. The van der Waals surface area contributed by atoms with Crippen LogP contribution in [0.4, 0.5) is 0 Å². The highest BCUT2D eigenvalue weighted by Gasteiger charge is 2.27. The van der Waals surface area contributed by atoms with Crippen LogP contribution in [0.5, 0.6) is 0 Å². The molecule has 10 nitrogen and oxygen atoms in total. The van der Waals surface area contributed by atoms with E-state index in [1.54, 1.807) is 6.08 Å². The maximum atomic E-state index is 12.7. The molecule has 0 amide bonds. The molecule has 0 aliphatic heterocycles. The van der Waals surface area contributed by atoms with Crippen LogP contribution in [0.2, 0.25) is 0 Å². The summed E-state index contributed by atoms with van der Waals surface area (Å²) in [6, 6.07) is 0. The van der Waals surface area contributed by atoms with Crippen LogP contribution in [0.3, 0.4) is 0 Å². The molecule has 3 atom stereocenters. The molecule has 0 aliphatic rings. The van der Waals surface area contributed by atoms with E-state index in [4.69, 9.17) is 18.5 Å². The van der Waals surface area contributed by atoms with Crippen molar-refractivity contribution in [1.82, 2.24) is 0 Å². The number of aliphatic hydroxyl groups excluding tert-OH is 1. The number of aliphatic hydroxyl groups is 1. The minimum atomic E-state index is -4.39.